The number of carbonyl (C=O) groups excluding carboxylic acids is 6. The maximum atomic E-state index is 13.9. The molecule has 380 valence electrons. The van der Waals surface area contributed by atoms with Gasteiger partial charge in [-0.25, -0.2) is 8.78 Å². The number of carbonyl (C=O) groups is 6. The van der Waals surface area contributed by atoms with Crippen LogP contribution in [0.4, 0.5) is 8.78 Å². The number of benzene rings is 4. The van der Waals surface area contributed by atoms with Gasteiger partial charge in [0.15, 0.2) is 0 Å². The lowest BCUT2D eigenvalue weighted by Gasteiger charge is -2.38. The number of fused-ring (bicyclic) bond motifs is 4. The van der Waals surface area contributed by atoms with Gasteiger partial charge in [0, 0.05) is 97.6 Å². The van der Waals surface area contributed by atoms with E-state index in [4.69, 9.17) is 9.47 Å². The van der Waals surface area contributed by atoms with Crippen LogP contribution in [0.1, 0.15) is 102 Å². The van der Waals surface area contributed by atoms with Crippen molar-refractivity contribution in [3.63, 3.8) is 0 Å². The van der Waals surface area contributed by atoms with E-state index in [0.29, 0.717) is 59.1 Å². The molecular weight excluding hydrogens is 1000 g/mol. The van der Waals surface area contributed by atoms with E-state index in [1.165, 1.54) is 0 Å². The van der Waals surface area contributed by atoms with Crippen LogP contribution in [-0.4, -0.2) is 135 Å². The Kier molecular flexibility index (Phi) is 16.0. The third-order valence-electron chi connectivity index (χ3n) is 14.4. The normalized spacial score (nSPS) is 17.4. The first-order valence-electron chi connectivity index (χ1n) is 24.0. The third kappa shape index (κ3) is 11.1. The van der Waals surface area contributed by atoms with Gasteiger partial charge in [-0.2, -0.15) is 0 Å². The zero-order chi connectivity index (χ0) is 52.0. The Hall–Kier alpha value is -7.08. The van der Waals surface area contributed by atoms with Crippen LogP contribution in [0.15, 0.2) is 133 Å². The molecule has 14 nitrogen and oxygen atoms in total. The number of ether oxygens (including phenoxy) is 2. The molecule has 2 aromatic heterocycles. The summed E-state index contributed by atoms with van der Waals surface area (Å²) in [5, 5.41) is 2.23. The second-order valence-corrected chi connectivity index (χ2v) is 19.6. The fourth-order valence-electron chi connectivity index (χ4n) is 9.41. The van der Waals surface area contributed by atoms with E-state index in [9.17, 15) is 37.5 Å². The molecule has 73 heavy (non-hydrogen) atoms. The molecule has 6 heterocycles. The maximum absolute atomic E-state index is 13.9. The van der Waals surface area contributed by atoms with E-state index in [1.54, 1.807) is 68.8 Å². The molecule has 6 aromatic rings. The van der Waals surface area contributed by atoms with Gasteiger partial charge in [0.1, 0.15) is 0 Å². The lowest BCUT2D eigenvalue weighted by Crippen LogP contribution is -2.46. The number of aromatic nitrogens is 2. The first-order chi connectivity index (χ1) is 35.1. The summed E-state index contributed by atoms with van der Waals surface area (Å²) in [6, 6.07) is 28.4. The molecule has 4 aromatic carbocycles. The van der Waals surface area contributed by atoms with Gasteiger partial charge < -0.3 is 28.8 Å². The number of aromatic amines is 1. The van der Waals surface area contributed by atoms with Gasteiger partial charge in [0.05, 0.1) is 59.2 Å². The summed E-state index contributed by atoms with van der Waals surface area (Å²) in [6.07, 6.45) is 7.94. The van der Waals surface area contributed by atoms with Gasteiger partial charge in [-0.1, -0.05) is 40.2 Å². The van der Waals surface area contributed by atoms with E-state index in [-0.39, 0.29) is 65.4 Å². The highest BCUT2D eigenvalue weighted by molar-refractivity contribution is 9.09. The number of nitrogens with one attached hydrogen (secondary N) is 1. The molecule has 4 aliphatic heterocycles. The van der Waals surface area contributed by atoms with Crippen LogP contribution < -0.4 is 0 Å². The number of methoxy groups -OCH3 is 2. The molecule has 2 saturated heterocycles. The van der Waals surface area contributed by atoms with Crippen molar-refractivity contribution in [2.45, 2.75) is 57.3 Å². The van der Waals surface area contributed by atoms with Crippen LogP contribution in [0, 0.1) is 0 Å². The standard InChI is InChI=1S/C28H28FN3O4.C16H20N2O2.C12H9BrFNO2/c1-28(36-2)10-13-30(14-11-28)25(33)21-7-8-24-20(15-21)9-12-31(24)17-19(16-29)18-32-26(34)22-5-3-4-6-23(22)27(32)35;1-16(20-2)6-9-18(10-7-16)15(19)13-3-4-14-12(11-13)5-8-17-14;13-5-8(6-14)7-15-11(16)9-3-1-2-4-10(9)12(15)17/h3-9,12,15-16H,10-11,13-14,17-18H2,1-2H3;3-5,8,11,17H,6-7,9-10H2,1-2H3;1-4,6H,5,7H2/b19-16-;;8-6-. The van der Waals surface area contributed by atoms with Gasteiger partial charge in [-0.15, -0.1) is 0 Å². The molecule has 2 fully saturated rings. The average molecular weight is 1060 g/mol. The summed E-state index contributed by atoms with van der Waals surface area (Å²) in [6.45, 7) is 7.00. The summed E-state index contributed by atoms with van der Waals surface area (Å²) >= 11 is 3.10. The number of H-pyrrole nitrogens is 1. The number of amides is 6. The van der Waals surface area contributed by atoms with Gasteiger partial charge in [-0.05, 0) is 123 Å². The van der Waals surface area contributed by atoms with Crippen LogP contribution in [0.25, 0.3) is 21.8 Å². The minimum atomic E-state index is -0.418. The minimum Gasteiger partial charge on any atom is -0.378 e. The molecule has 10 rings (SSSR count). The van der Waals surface area contributed by atoms with E-state index in [0.717, 1.165) is 75.9 Å². The lowest BCUT2D eigenvalue weighted by molar-refractivity contribution is -0.0384. The average Bonchev–Trinajstić information content (AvgIpc) is 4.18. The number of piperidine rings is 2. The van der Waals surface area contributed by atoms with Crippen molar-refractivity contribution in [3.05, 3.63) is 167 Å². The molecule has 0 bridgehead atoms. The number of nitrogens with zero attached hydrogens (tertiary/aromatic N) is 5. The van der Waals surface area contributed by atoms with Crippen molar-refractivity contribution >= 4 is 73.2 Å². The highest BCUT2D eigenvalue weighted by atomic mass is 79.9. The predicted molar refractivity (Wildman–Crippen MR) is 277 cm³/mol. The number of hydrogen-bond donors (Lipinski definition) is 1. The number of halogens is 3. The SMILES string of the molecule is COC1(C)CCN(C(=O)c2ccc3[nH]ccc3c2)CC1.COC1(C)CCN(C(=O)c2ccc3c(ccn3C/C(=C/F)CN3C(=O)c4ccccc4C3=O)c2)CC1.O=C1c2ccccc2C(=O)N1C/C(=C\F)CBr. The van der Waals surface area contributed by atoms with Crippen molar-refractivity contribution in [1.82, 2.24) is 29.2 Å². The third-order valence-corrected chi connectivity index (χ3v) is 15.1. The molecule has 0 atom stereocenters. The molecule has 0 unspecified atom stereocenters. The molecule has 0 saturated carbocycles. The maximum Gasteiger partial charge on any atom is 0.261 e. The van der Waals surface area contributed by atoms with Gasteiger partial charge in [-0.3, -0.25) is 38.6 Å². The lowest BCUT2D eigenvalue weighted by atomic mass is 9.93. The monoisotopic (exact) mass is 1060 g/mol. The molecule has 4 aliphatic rings. The van der Waals surface area contributed by atoms with Crippen molar-refractivity contribution < 1.29 is 47.0 Å². The van der Waals surface area contributed by atoms with E-state index in [1.807, 2.05) is 69.2 Å². The van der Waals surface area contributed by atoms with Crippen molar-refractivity contribution in [3.8, 4) is 0 Å². The Labute approximate surface area is 430 Å². The Morgan fingerprint density at radius 1 is 0.603 bits per heavy atom. The number of imide groups is 2. The molecule has 1 N–H and O–H groups in total. The van der Waals surface area contributed by atoms with Crippen LogP contribution in [0.2, 0.25) is 0 Å². The minimum absolute atomic E-state index is 0.0160. The van der Waals surface area contributed by atoms with Gasteiger partial charge in [0.2, 0.25) is 0 Å². The summed E-state index contributed by atoms with van der Waals surface area (Å²) < 4.78 is 39.2. The summed E-state index contributed by atoms with van der Waals surface area (Å²) in [4.78, 5) is 83.8. The quantitative estimate of drug-likeness (QED) is 0.0994. The zero-order valence-corrected chi connectivity index (χ0v) is 42.8. The number of likely N-dealkylation sites (tertiary alicyclic amines) is 2. The summed E-state index contributed by atoms with van der Waals surface area (Å²) in [5.41, 5.74) is 5.06. The van der Waals surface area contributed by atoms with E-state index in [2.05, 4.69) is 34.8 Å². The van der Waals surface area contributed by atoms with E-state index < -0.39 is 11.8 Å². The van der Waals surface area contributed by atoms with Crippen molar-refractivity contribution in [1.29, 1.82) is 0 Å². The van der Waals surface area contributed by atoms with Gasteiger partial charge in [0.25, 0.3) is 35.4 Å². The van der Waals surface area contributed by atoms with Crippen LogP contribution in [-0.2, 0) is 16.0 Å². The van der Waals surface area contributed by atoms with Crippen LogP contribution in [0.5, 0.6) is 0 Å². The Morgan fingerprint density at radius 3 is 1.48 bits per heavy atom. The van der Waals surface area contributed by atoms with Crippen LogP contribution >= 0.6 is 15.9 Å². The molecular formula is C56H57BrF2N6O8. The zero-order valence-electron chi connectivity index (χ0n) is 41.2. The summed E-state index contributed by atoms with van der Waals surface area (Å²) in [5.74, 6) is -1.47. The van der Waals surface area contributed by atoms with Gasteiger partial charge >= 0.3 is 0 Å². The molecule has 0 spiro atoms. The first-order valence-corrected chi connectivity index (χ1v) is 25.1. The van der Waals surface area contributed by atoms with Crippen molar-refractivity contribution in [2.75, 3.05) is 58.8 Å². The Bertz CT molecular complexity index is 3080. The number of alkyl halides is 1. The highest BCUT2D eigenvalue weighted by Gasteiger charge is 2.37. The second-order valence-electron chi connectivity index (χ2n) is 19.0. The fraction of sp³-hybridized carbons (Fsp3) is 0.321. The number of rotatable bonds is 11. The number of hydrogen-bond acceptors (Lipinski definition) is 8. The van der Waals surface area contributed by atoms with Crippen molar-refractivity contribution in [2.24, 2.45) is 0 Å². The van der Waals surface area contributed by atoms with E-state index >= 15 is 0 Å². The van der Waals surface area contributed by atoms with Crippen LogP contribution in [0.3, 0.4) is 0 Å². The summed E-state index contributed by atoms with van der Waals surface area (Å²) in [7, 11) is 3.46. The topological polar surface area (TPSA) is 155 Å². The molecule has 17 heteroatoms. The highest BCUT2D eigenvalue weighted by Crippen LogP contribution is 2.30. The first kappa shape index (κ1) is 52.2. The smallest absolute Gasteiger partial charge is 0.261 e. The fourth-order valence-corrected chi connectivity index (χ4v) is 9.71. The molecule has 6 amide bonds. The Balaban J connectivity index is 0.000000162. The molecule has 0 radical (unpaired) electrons. The predicted octanol–water partition coefficient (Wildman–Crippen LogP) is 9.77. The second kappa shape index (κ2) is 22.4. The molecule has 0 aliphatic carbocycles. The largest absolute Gasteiger partial charge is 0.378 e. The Morgan fingerprint density at radius 2 is 1.04 bits per heavy atom.